The third-order valence-corrected chi connectivity index (χ3v) is 4.36. The Morgan fingerprint density at radius 3 is 2.50 bits per heavy atom. The molecule has 1 fully saturated rings. The molecule has 1 aromatic carbocycles. The smallest absolute Gasteiger partial charge is 0.189 e. The molecule has 0 aliphatic heterocycles. The molecule has 1 saturated carbocycles. The van der Waals surface area contributed by atoms with Gasteiger partial charge in [-0.05, 0) is 24.5 Å². The van der Waals surface area contributed by atoms with Crippen LogP contribution in [0.4, 0.5) is 0 Å². The van der Waals surface area contributed by atoms with Crippen LogP contribution in [0.1, 0.15) is 44.1 Å². The molecule has 0 amide bonds. The minimum atomic E-state index is 0. The summed E-state index contributed by atoms with van der Waals surface area (Å²) in [6, 6.07) is 8.62. The molecule has 3 N–H and O–H groups in total. The molecule has 0 heterocycles. The molecule has 0 bridgehead atoms. The van der Waals surface area contributed by atoms with E-state index in [1.165, 1.54) is 38.5 Å². The van der Waals surface area contributed by atoms with Crippen LogP contribution in [0, 0.1) is 0 Å². The van der Waals surface area contributed by atoms with E-state index in [-0.39, 0.29) is 24.0 Å². The molecule has 0 saturated heterocycles. The SMILES string of the molecule is I.NC(=NCc1ccccc1Br)NC1CCCCCC1. The van der Waals surface area contributed by atoms with Gasteiger partial charge in [-0.25, -0.2) is 4.99 Å². The maximum absolute atomic E-state index is 5.98. The van der Waals surface area contributed by atoms with Crippen LogP contribution in [-0.4, -0.2) is 12.0 Å². The molecule has 3 nitrogen and oxygen atoms in total. The molecular formula is C15H23BrIN3. The number of benzene rings is 1. The van der Waals surface area contributed by atoms with E-state index in [1.807, 2.05) is 18.2 Å². The fourth-order valence-electron chi connectivity index (χ4n) is 2.48. The summed E-state index contributed by atoms with van der Waals surface area (Å²) in [5.74, 6) is 0.572. The van der Waals surface area contributed by atoms with Gasteiger partial charge in [-0.15, -0.1) is 24.0 Å². The number of hydrogen-bond acceptors (Lipinski definition) is 1. The Morgan fingerprint density at radius 1 is 1.20 bits per heavy atom. The summed E-state index contributed by atoms with van der Waals surface area (Å²) in [5, 5.41) is 3.36. The van der Waals surface area contributed by atoms with E-state index >= 15 is 0 Å². The number of hydrogen-bond donors (Lipinski definition) is 2. The van der Waals surface area contributed by atoms with Crippen molar-refractivity contribution in [1.82, 2.24) is 5.32 Å². The molecule has 0 atom stereocenters. The summed E-state index contributed by atoms with van der Waals surface area (Å²) in [4.78, 5) is 4.43. The second kappa shape index (κ2) is 9.60. The Bertz CT molecular complexity index is 429. The summed E-state index contributed by atoms with van der Waals surface area (Å²) in [5.41, 5.74) is 7.14. The molecule has 0 radical (unpaired) electrons. The second-order valence-corrected chi connectivity index (χ2v) is 5.98. The molecule has 0 spiro atoms. The Labute approximate surface area is 147 Å². The van der Waals surface area contributed by atoms with E-state index < -0.39 is 0 Å². The Hall–Kier alpha value is -0.300. The van der Waals surface area contributed by atoms with Crippen LogP contribution in [0.2, 0.25) is 0 Å². The minimum Gasteiger partial charge on any atom is -0.370 e. The van der Waals surface area contributed by atoms with Gasteiger partial charge in [0.05, 0.1) is 6.54 Å². The van der Waals surface area contributed by atoms with Gasteiger partial charge in [0.1, 0.15) is 0 Å². The van der Waals surface area contributed by atoms with Crippen molar-refractivity contribution in [1.29, 1.82) is 0 Å². The molecule has 5 heteroatoms. The van der Waals surface area contributed by atoms with E-state index in [1.54, 1.807) is 0 Å². The number of nitrogens with zero attached hydrogens (tertiary/aromatic N) is 1. The molecule has 0 aromatic heterocycles. The molecule has 0 unspecified atom stereocenters. The first kappa shape index (κ1) is 17.8. The highest BCUT2D eigenvalue weighted by molar-refractivity contribution is 14.0. The van der Waals surface area contributed by atoms with Gasteiger partial charge in [-0.3, -0.25) is 0 Å². The lowest BCUT2D eigenvalue weighted by Gasteiger charge is -2.16. The zero-order chi connectivity index (χ0) is 13.5. The number of halogens is 2. The highest BCUT2D eigenvalue weighted by Gasteiger charge is 2.12. The number of rotatable bonds is 3. The van der Waals surface area contributed by atoms with Crippen LogP contribution in [0.3, 0.4) is 0 Å². The van der Waals surface area contributed by atoms with Crippen LogP contribution < -0.4 is 11.1 Å². The van der Waals surface area contributed by atoms with Crippen LogP contribution in [0.5, 0.6) is 0 Å². The summed E-state index contributed by atoms with van der Waals surface area (Å²) in [6.07, 6.45) is 7.74. The maximum Gasteiger partial charge on any atom is 0.189 e. The minimum absolute atomic E-state index is 0. The predicted molar refractivity (Wildman–Crippen MR) is 99.5 cm³/mol. The molecular weight excluding hydrogens is 429 g/mol. The second-order valence-electron chi connectivity index (χ2n) is 5.13. The van der Waals surface area contributed by atoms with E-state index in [9.17, 15) is 0 Å². The van der Waals surface area contributed by atoms with Gasteiger partial charge >= 0.3 is 0 Å². The van der Waals surface area contributed by atoms with Gasteiger partial charge in [0.2, 0.25) is 0 Å². The monoisotopic (exact) mass is 451 g/mol. The Morgan fingerprint density at radius 2 is 1.85 bits per heavy atom. The van der Waals surface area contributed by atoms with Crippen molar-refractivity contribution in [3.8, 4) is 0 Å². The lowest BCUT2D eigenvalue weighted by atomic mass is 10.1. The Kier molecular flexibility index (Phi) is 8.52. The summed E-state index contributed by atoms with van der Waals surface area (Å²) in [6.45, 7) is 0.618. The fraction of sp³-hybridized carbons (Fsp3) is 0.533. The number of guanidine groups is 1. The first-order chi connectivity index (χ1) is 9.25. The zero-order valence-corrected chi connectivity index (χ0v) is 15.6. The number of nitrogens with two attached hydrogens (primary N) is 1. The third-order valence-electron chi connectivity index (χ3n) is 3.58. The van der Waals surface area contributed by atoms with Crippen LogP contribution in [-0.2, 0) is 6.54 Å². The van der Waals surface area contributed by atoms with Crippen molar-refractivity contribution >= 4 is 45.9 Å². The molecule has 1 aromatic rings. The number of aliphatic imine (C=N–C) groups is 1. The van der Waals surface area contributed by atoms with Gasteiger partial charge < -0.3 is 11.1 Å². The highest BCUT2D eigenvalue weighted by Crippen LogP contribution is 2.18. The van der Waals surface area contributed by atoms with Crippen LogP contribution in [0.25, 0.3) is 0 Å². The normalized spacial score (nSPS) is 17.1. The molecule has 2 rings (SSSR count). The number of nitrogens with one attached hydrogen (secondary N) is 1. The van der Waals surface area contributed by atoms with E-state index in [0.717, 1.165) is 10.0 Å². The summed E-state index contributed by atoms with van der Waals surface area (Å²) >= 11 is 3.52. The molecule has 20 heavy (non-hydrogen) atoms. The molecule has 1 aliphatic carbocycles. The van der Waals surface area contributed by atoms with E-state index in [0.29, 0.717) is 18.5 Å². The van der Waals surface area contributed by atoms with Gasteiger partial charge in [-0.2, -0.15) is 0 Å². The van der Waals surface area contributed by atoms with Gasteiger partial charge in [0, 0.05) is 10.5 Å². The van der Waals surface area contributed by atoms with Crippen LogP contribution >= 0.6 is 39.9 Å². The van der Waals surface area contributed by atoms with E-state index in [2.05, 4.69) is 32.3 Å². The van der Waals surface area contributed by atoms with E-state index in [4.69, 9.17) is 5.73 Å². The van der Waals surface area contributed by atoms with Crippen molar-refractivity contribution in [2.24, 2.45) is 10.7 Å². The van der Waals surface area contributed by atoms with Gasteiger partial charge in [0.15, 0.2) is 5.96 Å². The largest absolute Gasteiger partial charge is 0.370 e. The molecule has 1 aliphatic rings. The Balaban J connectivity index is 0.00000200. The first-order valence-electron chi connectivity index (χ1n) is 7.05. The van der Waals surface area contributed by atoms with Gasteiger partial charge in [-0.1, -0.05) is 59.8 Å². The molecule has 112 valence electrons. The third kappa shape index (κ3) is 5.99. The van der Waals surface area contributed by atoms with Crippen molar-refractivity contribution in [2.75, 3.05) is 0 Å². The van der Waals surface area contributed by atoms with Crippen LogP contribution in [0.15, 0.2) is 33.7 Å². The standard InChI is InChI=1S/C15H22BrN3.HI/c16-14-10-6-5-7-12(14)11-18-15(17)19-13-8-3-1-2-4-9-13;/h5-7,10,13H,1-4,8-9,11H2,(H3,17,18,19);1H. The van der Waals surface area contributed by atoms with Crippen molar-refractivity contribution in [3.05, 3.63) is 34.3 Å². The maximum atomic E-state index is 5.98. The average molecular weight is 452 g/mol. The lowest BCUT2D eigenvalue weighted by Crippen LogP contribution is -2.39. The highest BCUT2D eigenvalue weighted by atomic mass is 127. The quantitative estimate of drug-likeness (QED) is 0.313. The summed E-state index contributed by atoms with van der Waals surface area (Å²) in [7, 11) is 0. The van der Waals surface area contributed by atoms with Gasteiger partial charge in [0.25, 0.3) is 0 Å². The van der Waals surface area contributed by atoms with Crippen molar-refractivity contribution < 1.29 is 0 Å². The van der Waals surface area contributed by atoms with Crippen molar-refractivity contribution in [2.45, 2.75) is 51.1 Å². The topological polar surface area (TPSA) is 50.4 Å². The predicted octanol–water partition coefficient (Wildman–Crippen LogP) is 4.19. The first-order valence-corrected chi connectivity index (χ1v) is 7.85. The summed E-state index contributed by atoms with van der Waals surface area (Å²) < 4.78 is 1.08. The fourth-order valence-corrected chi connectivity index (χ4v) is 2.89. The zero-order valence-electron chi connectivity index (χ0n) is 11.6. The average Bonchev–Trinajstić information content (AvgIpc) is 2.66. The lowest BCUT2D eigenvalue weighted by molar-refractivity contribution is 0.530. The van der Waals surface area contributed by atoms with Crippen molar-refractivity contribution in [3.63, 3.8) is 0 Å².